The van der Waals surface area contributed by atoms with E-state index in [0.29, 0.717) is 6.54 Å². The highest BCUT2D eigenvalue weighted by molar-refractivity contribution is 7.88. The van der Waals surface area contributed by atoms with E-state index in [2.05, 4.69) is 26.9 Å². The van der Waals surface area contributed by atoms with Crippen molar-refractivity contribution >= 4 is 10.0 Å². The molecule has 0 amide bonds. The van der Waals surface area contributed by atoms with Gasteiger partial charge in [-0.15, -0.1) is 0 Å². The summed E-state index contributed by atoms with van der Waals surface area (Å²) in [7, 11) is -1.45. The van der Waals surface area contributed by atoms with Gasteiger partial charge in [-0.25, -0.2) is 13.1 Å². The lowest BCUT2D eigenvalue weighted by atomic mass is 10.0. The average Bonchev–Trinajstić information content (AvgIpc) is 3.09. The van der Waals surface area contributed by atoms with Gasteiger partial charge in [0.25, 0.3) is 0 Å². The van der Waals surface area contributed by atoms with Gasteiger partial charge in [0.15, 0.2) is 0 Å². The second-order valence-corrected chi connectivity index (χ2v) is 8.57. The number of hydrogen-bond acceptors (Lipinski definition) is 5. The van der Waals surface area contributed by atoms with Gasteiger partial charge in [-0.1, -0.05) is 6.07 Å². The van der Waals surface area contributed by atoms with Gasteiger partial charge in [-0.2, -0.15) is 5.10 Å². The first-order valence-electron chi connectivity index (χ1n) is 8.76. The molecular formula is C18H26N4O3S. The Morgan fingerprint density at radius 3 is 2.65 bits per heavy atom. The van der Waals surface area contributed by atoms with E-state index in [-0.39, 0.29) is 6.04 Å². The molecule has 1 N–H and O–H groups in total. The van der Waals surface area contributed by atoms with Gasteiger partial charge in [0.2, 0.25) is 10.0 Å². The van der Waals surface area contributed by atoms with Crippen LogP contribution in [-0.4, -0.2) is 55.6 Å². The van der Waals surface area contributed by atoms with Crippen LogP contribution in [0.1, 0.15) is 24.0 Å². The summed E-state index contributed by atoms with van der Waals surface area (Å²) in [5.74, 6) is 0.861. The molecule has 7 nitrogen and oxygen atoms in total. The maximum absolute atomic E-state index is 11.4. The molecule has 1 aliphatic heterocycles. The predicted molar refractivity (Wildman–Crippen MR) is 101 cm³/mol. The summed E-state index contributed by atoms with van der Waals surface area (Å²) in [4.78, 5) is 2.36. The van der Waals surface area contributed by atoms with Crippen molar-refractivity contribution in [2.45, 2.75) is 32.0 Å². The topological polar surface area (TPSA) is 76.5 Å². The molecule has 0 unspecified atom stereocenters. The van der Waals surface area contributed by atoms with E-state index < -0.39 is 10.0 Å². The normalized spacial score (nSPS) is 16.7. The third-order valence-corrected chi connectivity index (χ3v) is 5.37. The number of aromatic nitrogens is 2. The maximum Gasteiger partial charge on any atom is 0.208 e. The van der Waals surface area contributed by atoms with Crippen LogP contribution in [-0.2, 0) is 23.1 Å². The van der Waals surface area contributed by atoms with Crippen LogP contribution in [0.4, 0.5) is 0 Å². The minimum Gasteiger partial charge on any atom is -0.496 e. The largest absolute Gasteiger partial charge is 0.496 e. The van der Waals surface area contributed by atoms with Crippen LogP contribution in [0.3, 0.4) is 0 Å². The first-order valence-corrected chi connectivity index (χ1v) is 10.6. The zero-order chi connectivity index (χ0) is 18.6. The molecule has 0 saturated carbocycles. The summed E-state index contributed by atoms with van der Waals surface area (Å²) in [5.41, 5.74) is 2.32. The van der Waals surface area contributed by atoms with Crippen molar-refractivity contribution in [2.75, 3.05) is 26.5 Å². The number of sulfonamides is 1. The molecule has 26 heavy (non-hydrogen) atoms. The lowest BCUT2D eigenvalue weighted by Gasteiger charge is -2.32. The van der Waals surface area contributed by atoms with E-state index in [4.69, 9.17) is 4.74 Å². The zero-order valence-corrected chi connectivity index (χ0v) is 16.1. The SMILES string of the molecule is COc1ccc(CN2CCC(NS(C)(=O)=O)CC2)cc1Cn1cccn1. The second-order valence-electron chi connectivity index (χ2n) is 6.79. The van der Waals surface area contributed by atoms with Crippen LogP contribution in [0.15, 0.2) is 36.7 Å². The van der Waals surface area contributed by atoms with Crippen LogP contribution < -0.4 is 9.46 Å². The maximum atomic E-state index is 11.4. The molecule has 0 spiro atoms. The molecule has 2 heterocycles. The van der Waals surface area contributed by atoms with Gasteiger partial charge >= 0.3 is 0 Å². The molecule has 1 saturated heterocycles. The lowest BCUT2D eigenvalue weighted by molar-refractivity contribution is 0.200. The fourth-order valence-corrected chi connectivity index (χ4v) is 4.23. The Bertz CT molecular complexity index is 813. The van der Waals surface area contributed by atoms with Gasteiger partial charge in [0.05, 0.1) is 19.9 Å². The quantitative estimate of drug-likeness (QED) is 0.789. The van der Waals surface area contributed by atoms with E-state index in [1.807, 2.05) is 23.0 Å². The minimum atomic E-state index is -3.13. The number of likely N-dealkylation sites (tertiary alicyclic amines) is 1. The summed E-state index contributed by atoms with van der Waals surface area (Å²) in [6, 6.07) is 8.22. The molecule has 1 fully saturated rings. The lowest BCUT2D eigenvalue weighted by Crippen LogP contribution is -2.43. The number of rotatable bonds is 7. The first kappa shape index (κ1) is 18.9. The number of nitrogens with zero attached hydrogens (tertiary/aromatic N) is 3. The number of hydrogen-bond donors (Lipinski definition) is 1. The number of piperidine rings is 1. The fourth-order valence-electron chi connectivity index (χ4n) is 3.39. The van der Waals surface area contributed by atoms with Gasteiger partial charge in [0, 0.05) is 43.6 Å². The molecular weight excluding hydrogens is 352 g/mol. The molecule has 142 valence electrons. The Hall–Kier alpha value is -1.90. The van der Waals surface area contributed by atoms with E-state index in [9.17, 15) is 8.42 Å². The third kappa shape index (κ3) is 5.30. The summed E-state index contributed by atoms with van der Waals surface area (Å²) >= 11 is 0. The Morgan fingerprint density at radius 1 is 1.27 bits per heavy atom. The van der Waals surface area contributed by atoms with Gasteiger partial charge in [0.1, 0.15) is 5.75 Å². The van der Waals surface area contributed by atoms with Crippen molar-refractivity contribution < 1.29 is 13.2 Å². The monoisotopic (exact) mass is 378 g/mol. The minimum absolute atomic E-state index is 0.0486. The van der Waals surface area contributed by atoms with E-state index >= 15 is 0 Å². The van der Waals surface area contributed by atoms with E-state index in [1.54, 1.807) is 13.3 Å². The molecule has 0 atom stereocenters. The van der Waals surface area contributed by atoms with Crippen molar-refractivity contribution in [1.82, 2.24) is 19.4 Å². The van der Waals surface area contributed by atoms with Crippen molar-refractivity contribution in [1.29, 1.82) is 0 Å². The standard InChI is InChI=1S/C18H26N4O3S/c1-25-18-5-4-15(12-16(18)14-22-9-3-8-19-22)13-21-10-6-17(7-11-21)20-26(2,23)24/h3-5,8-9,12,17,20H,6-7,10-11,13-14H2,1-2H3. The number of ether oxygens (including phenoxy) is 1. The highest BCUT2D eigenvalue weighted by Crippen LogP contribution is 2.23. The molecule has 2 aromatic rings. The molecule has 0 radical (unpaired) electrons. The number of nitrogens with one attached hydrogen (secondary N) is 1. The summed E-state index contributed by atoms with van der Waals surface area (Å²) in [6.07, 6.45) is 6.60. The van der Waals surface area contributed by atoms with Crippen molar-refractivity contribution in [3.05, 3.63) is 47.8 Å². The van der Waals surface area contributed by atoms with Crippen LogP contribution in [0, 0.1) is 0 Å². The summed E-state index contributed by atoms with van der Waals surface area (Å²) in [6.45, 7) is 3.29. The molecule has 1 aromatic carbocycles. The molecule has 0 aliphatic carbocycles. The highest BCUT2D eigenvalue weighted by atomic mass is 32.2. The predicted octanol–water partition coefficient (Wildman–Crippen LogP) is 1.45. The number of methoxy groups -OCH3 is 1. The first-order chi connectivity index (χ1) is 12.4. The molecule has 3 rings (SSSR count). The fraction of sp³-hybridized carbons (Fsp3) is 0.500. The van der Waals surface area contributed by atoms with Crippen LogP contribution in [0.5, 0.6) is 5.75 Å². The Balaban J connectivity index is 1.61. The molecule has 1 aromatic heterocycles. The van der Waals surface area contributed by atoms with E-state index in [1.165, 1.54) is 11.8 Å². The van der Waals surface area contributed by atoms with Crippen LogP contribution >= 0.6 is 0 Å². The summed E-state index contributed by atoms with van der Waals surface area (Å²) in [5, 5.41) is 4.26. The second kappa shape index (κ2) is 8.20. The Morgan fingerprint density at radius 2 is 2.04 bits per heavy atom. The molecule has 0 bridgehead atoms. The van der Waals surface area contributed by atoms with Gasteiger partial charge in [-0.3, -0.25) is 9.58 Å². The van der Waals surface area contributed by atoms with Gasteiger partial charge < -0.3 is 4.74 Å². The Labute approximate surface area is 155 Å². The average molecular weight is 378 g/mol. The molecule has 8 heteroatoms. The number of benzene rings is 1. The molecule has 1 aliphatic rings. The smallest absolute Gasteiger partial charge is 0.208 e. The van der Waals surface area contributed by atoms with Crippen molar-refractivity contribution in [2.24, 2.45) is 0 Å². The summed E-state index contributed by atoms with van der Waals surface area (Å²) < 4.78 is 32.8. The zero-order valence-electron chi connectivity index (χ0n) is 15.3. The Kier molecular flexibility index (Phi) is 5.95. The van der Waals surface area contributed by atoms with E-state index in [0.717, 1.165) is 43.8 Å². The van der Waals surface area contributed by atoms with Crippen molar-refractivity contribution in [3.8, 4) is 5.75 Å². The van der Waals surface area contributed by atoms with Crippen LogP contribution in [0.25, 0.3) is 0 Å². The van der Waals surface area contributed by atoms with Crippen molar-refractivity contribution in [3.63, 3.8) is 0 Å². The highest BCUT2D eigenvalue weighted by Gasteiger charge is 2.21. The third-order valence-electron chi connectivity index (χ3n) is 4.61. The van der Waals surface area contributed by atoms with Crippen LogP contribution in [0.2, 0.25) is 0 Å². The van der Waals surface area contributed by atoms with Gasteiger partial charge in [-0.05, 0) is 36.6 Å².